The Bertz CT molecular complexity index is 1010. The number of esters is 1. The zero-order chi connectivity index (χ0) is 23.9. The highest BCUT2D eigenvalue weighted by atomic mass is 16.5. The molecule has 3 heteroatoms. The third-order valence-electron chi connectivity index (χ3n) is 8.94. The number of carbonyl (C=O) groups excluding carboxylic acids is 1. The second-order valence-electron chi connectivity index (χ2n) is 11.4. The van der Waals surface area contributed by atoms with E-state index in [1.54, 1.807) is 0 Å². The van der Waals surface area contributed by atoms with Crippen LogP contribution in [0, 0.1) is 17.8 Å². The summed E-state index contributed by atoms with van der Waals surface area (Å²) in [5.74, 6) is 1.14. The van der Waals surface area contributed by atoms with Gasteiger partial charge in [0, 0.05) is 23.9 Å². The van der Waals surface area contributed by atoms with Gasteiger partial charge in [-0.25, -0.2) is 0 Å². The van der Waals surface area contributed by atoms with Crippen LogP contribution in [0.25, 0.3) is 0 Å². The van der Waals surface area contributed by atoms with Crippen molar-refractivity contribution in [3.8, 4) is 0 Å². The smallest absolute Gasteiger partial charge is 0.324 e. The summed E-state index contributed by atoms with van der Waals surface area (Å²) in [7, 11) is 0. The Balaban J connectivity index is 1.38. The van der Waals surface area contributed by atoms with Gasteiger partial charge in [-0.05, 0) is 48.6 Å². The van der Waals surface area contributed by atoms with Crippen molar-refractivity contribution in [2.75, 3.05) is 0 Å². The standard InChI is InChI=1S/C31H39NO2/c1-21-15-18-27(31(3,4)25-13-9-6-10-14-25)28(19-21)34-30(33)29-24-16-17-26(20-24)32(29)22(2)23-11-7-5-8-12-23/h5-14,16-17,21-22,24,26-29H,15,18-20H2,1-4H3/t21?,22-,24+,26-,27?,28?,29+/m1/s1. The normalized spacial score (nSPS) is 32.0. The summed E-state index contributed by atoms with van der Waals surface area (Å²) in [6.07, 6.45) is 8.78. The molecule has 2 fully saturated rings. The van der Waals surface area contributed by atoms with Crippen LogP contribution in [-0.4, -0.2) is 29.1 Å². The van der Waals surface area contributed by atoms with Gasteiger partial charge in [0.05, 0.1) is 0 Å². The van der Waals surface area contributed by atoms with E-state index in [1.807, 2.05) is 0 Å². The largest absolute Gasteiger partial charge is 0.461 e. The van der Waals surface area contributed by atoms with Crippen molar-refractivity contribution in [3.05, 3.63) is 83.9 Å². The van der Waals surface area contributed by atoms with Crippen LogP contribution < -0.4 is 0 Å². The fraction of sp³-hybridized carbons (Fsp3) is 0.516. The van der Waals surface area contributed by atoms with Crippen molar-refractivity contribution in [1.82, 2.24) is 4.90 Å². The monoisotopic (exact) mass is 457 g/mol. The van der Waals surface area contributed by atoms with Crippen LogP contribution in [0.3, 0.4) is 0 Å². The molecule has 2 aromatic rings. The van der Waals surface area contributed by atoms with Crippen molar-refractivity contribution >= 4 is 5.97 Å². The number of rotatable bonds is 6. The zero-order valence-electron chi connectivity index (χ0n) is 21.1. The molecule has 1 saturated carbocycles. The fourth-order valence-corrected chi connectivity index (χ4v) is 6.90. The molecule has 0 aromatic heterocycles. The van der Waals surface area contributed by atoms with E-state index in [9.17, 15) is 4.79 Å². The van der Waals surface area contributed by atoms with Gasteiger partial charge in [0.1, 0.15) is 12.1 Å². The van der Waals surface area contributed by atoms with Crippen LogP contribution in [0.15, 0.2) is 72.8 Å². The molecule has 1 saturated heterocycles. The molecule has 5 rings (SSSR count). The first-order valence-electron chi connectivity index (χ1n) is 13.1. The maximum atomic E-state index is 13.9. The lowest BCUT2D eigenvalue weighted by Crippen LogP contribution is -2.49. The van der Waals surface area contributed by atoms with Crippen molar-refractivity contribution in [2.45, 2.75) is 83.0 Å². The Morgan fingerprint density at radius 2 is 1.65 bits per heavy atom. The highest BCUT2D eigenvalue weighted by Crippen LogP contribution is 2.46. The third kappa shape index (κ3) is 4.24. The minimum Gasteiger partial charge on any atom is -0.461 e. The maximum Gasteiger partial charge on any atom is 0.324 e. The molecular formula is C31H39NO2. The van der Waals surface area contributed by atoms with Crippen molar-refractivity contribution in [2.24, 2.45) is 17.8 Å². The summed E-state index contributed by atoms with van der Waals surface area (Å²) in [6, 6.07) is 21.6. The Morgan fingerprint density at radius 3 is 2.35 bits per heavy atom. The molecular weight excluding hydrogens is 418 g/mol. The van der Waals surface area contributed by atoms with Gasteiger partial charge in [-0.1, -0.05) is 100 Å². The first-order valence-corrected chi connectivity index (χ1v) is 13.1. The first kappa shape index (κ1) is 23.4. The van der Waals surface area contributed by atoms with E-state index in [4.69, 9.17) is 4.74 Å². The molecule has 180 valence electrons. The van der Waals surface area contributed by atoms with Crippen LogP contribution in [-0.2, 0) is 14.9 Å². The average molecular weight is 458 g/mol. The molecule has 2 bridgehead atoms. The van der Waals surface area contributed by atoms with Crippen LogP contribution >= 0.6 is 0 Å². The lowest BCUT2D eigenvalue weighted by Gasteiger charge is -2.45. The van der Waals surface area contributed by atoms with Gasteiger partial charge in [0.25, 0.3) is 0 Å². The van der Waals surface area contributed by atoms with E-state index in [2.05, 4.69) is 105 Å². The SMILES string of the molecule is CC1CCC(C(C)(C)c2ccccc2)C(OC(=O)[C@@H]2[C@H]3C=C[C@H](C3)N2[C@H](C)c2ccccc2)C1. The molecule has 34 heavy (non-hydrogen) atoms. The predicted octanol–water partition coefficient (Wildman–Crippen LogP) is 6.70. The van der Waals surface area contributed by atoms with E-state index >= 15 is 0 Å². The number of nitrogens with zero attached hydrogens (tertiary/aromatic N) is 1. The lowest BCUT2D eigenvalue weighted by molar-refractivity contribution is -0.164. The quantitative estimate of drug-likeness (QED) is 0.357. The molecule has 0 spiro atoms. The molecule has 3 nitrogen and oxygen atoms in total. The van der Waals surface area contributed by atoms with Crippen LogP contribution in [0.1, 0.15) is 70.5 Å². The number of ether oxygens (including phenoxy) is 1. The van der Waals surface area contributed by atoms with Crippen molar-refractivity contribution in [1.29, 1.82) is 0 Å². The second-order valence-corrected chi connectivity index (χ2v) is 11.4. The van der Waals surface area contributed by atoms with Crippen LogP contribution in [0.5, 0.6) is 0 Å². The molecule has 1 aliphatic heterocycles. The van der Waals surface area contributed by atoms with Crippen LogP contribution in [0.2, 0.25) is 0 Å². The van der Waals surface area contributed by atoms with Gasteiger partial charge < -0.3 is 4.74 Å². The molecule has 0 amide bonds. The predicted molar refractivity (Wildman–Crippen MR) is 137 cm³/mol. The van der Waals surface area contributed by atoms with E-state index in [-0.39, 0.29) is 35.5 Å². The molecule has 2 aromatic carbocycles. The fourth-order valence-electron chi connectivity index (χ4n) is 6.90. The summed E-state index contributed by atoms with van der Waals surface area (Å²) >= 11 is 0. The molecule has 1 heterocycles. The lowest BCUT2D eigenvalue weighted by atomic mass is 9.64. The van der Waals surface area contributed by atoms with Crippen molar-refractivity contribution in [3.63, 3.8) is 0 Å². The Hall–Kier alpha value is -2.39. The summed E-state index contributed by atoms with van der Waals surface area (Å²) in [5, 5.41) is 0. The van der Waals surface area contributed by atoms with Gasteiger partial charge in [0.2, 0.25) is 0 Å². The molecule has 3 aliphatic rings. The number of hydrogen-bond donors (Lipinski definition) is 0. The molecule has 0 radical (unpaired) electrons. The number of carbonyl (C=O) groups is 1. The number of hydrogen-bond acceptors (Lipinski definition) is 3. The number of benzene rings is 2. The summed E-state index contributed by atoms with van der Waals surface area (Å²) in [5.41, 5.74) is 2.55. The highest BCUT2D eigenvalue weighted by Gasteiger charge is 2.51. The minimum absolute atomic E-state index is 0.0207. The number of likely N-dealkylation sites (tertiary alicyclic amines) is 1. The van der Waals surface area contributed by atoms with Crippen molar-refractivity contribution < 1.29 is 9.53 Å². The van der Waals surface area contributed by atoms with E-state index in [1.165, 1.54) is 17.5 Å². The first-order chi connectivity index (χ1) is 16.4. The Kier molecular flexibility index (Phi) is 6.41. The number of fused-ring (bicyclic) bond motifs is 2. The Morgan fingerprint density at radius 1 is 0.971 bits per heavy atom. The molecule has 3 unspecified atom stereocenters. The summed E-state index contributed by atoms with van der Waals surface area (Å²) in [4.78, 5) is 16.3. The van der Waals surface area contributed by atoms with Gasteiger partial charge in [-0.2, -0.15) is 0 Å². The maximum absolute atomic E-state index is 13.9. The summed E-state index contributed by atoms with van der Waals surface area (Å²) in [6.45, 7) is 9.19. The second kappa shape index (κ2) is 9.34. The van der Waals surface area contributed by atoms with E-state index in [0.29, 0.717) is 17.9 Å². The minimum atomic E-state index is -0.192. The molecule has 0 N–H and O–H groups in total. The molecule has 7 atom stereocenters. The average Bonchev–Trinajstić information content (AvgIpc) is 3.46. The third-order valence-corrected chi connectivity index (χ3v) is 8.94. The van der Waals surface area contributed by atoms with E-state index < -0.39 is 0 Å². The van der Waals surface area contributed by atoms with Gasteiger partial charge in [-0.3, -0.25) is 9.69 Å². The topological polar surface area (TPSA) is 29.5 Å². The van der Waals surface area contributed by atoms with Crippen LogP contribution in [0.4, 0.5) is 0 Å². The van der Waals surface area contributed by atoms with Gasteiger partial charge in [-0.15, -0.1) is 0 Å². The van der Waals surface area contributed by atoms with Gasteiger partial charge in [0.15, 0.2) is 0 Å². The summed E-state index contributed by atoms with van der Waals surface area (Å²) < 4.78 is 6.52. The highest BCUT2D eigenvalue weighted by molar-refractivity contribution is 5.78. The Labute approximate surface area is 205 Å². The van der Waals surface area contributed by atoms with E-state index in [0.717, 1.165) is 19.3 Å². The molecule has 2 aliphatic carbocycles. The zero-order valence-corrected chi connectivity index (χ0v) is 21.1. The van der Waals surface area contributed by atoms with Gasteiger partial charge >= 0.3 is 5.97 Å².